The van der Waals surface area contributed by atoms with Crippen molar-refractivity contribution in [1.29, 1.82) is 0 Å². The molecule has 0 aliphatic rings. The molecule has 0 atom stereocenters. The smallest absolute Gasteiger partial charge is 0.0603 e. The Labute approximate surface area is 102 Å². The van der Waals surface area contributed by atoms with Crippen LogP contribution in [0.2, 0.25) is 0 Å². The van der Waals surface area contributed by atoms with Gasteiger partial charge in [-0.05, 0) is 6.20 Å². The van der Waals surface area contributed by atoms with Crippen LogP contribution in [0.5, 0.6) is 0 Å². The Bertz CT molecular complexity index is 613. The summed E-state index contributed by atoms with van der Waals surface area (Å²) in [4.78, 5) is 4.32. The standard InChI is InChI=1S/C12H9N2.Pt/c1-9-3-2-4-11-10(9)5-7-14-8-6-13-12(11)14;/h2-3,5-8H,1H3;/q-1;. The van der Waals surface area contributed by atoms with Gasteiger partial charge in [0.1, 0.15) is 0 Å². The first-order chi connectivity index (χ1) is 6.86. The van der Waals surface area contributed by atoms with Crippen LogP contribution in [0.3, 0.4) is 0 Å². The minimum atomic E-state index is 0. The molecular formula is C12H9N2Pt-. The van der Waals surface area contributed by atoms with Crippen molar-refractivity contribution in [2.45, 2.75) is 6.92 Å². The maximum atomic E-state index is 4.32. The second-order valence-corrected chi connectivity index (χ2v) is 3.42. The number of aryl methyl sites for hydroxylation is 1. The molecule has 2 heterocycles. The van der Waals surface area contributed by atoms with Crippen LogP contribution in [0.1, 0.15) is 5.56 Å². The number of benzene rings is 1. The summed E-state index contributed by atoms with van der Waals surface area (Å²) in [6.45, 7) is 2.11. The first-order valence-electron chi connectivity index (χ1n) is 4.59. The van der Waals surface area contributed by atoms with Crippen LogP contribution in [-0.4, -0.2) is 9.38 Å². The normalized spacial score (nSPS) is 10.5. The second kappa shape index (κ2) is 3.78. The van der Waals surface area contributed by atoms with E-state index in [1.807, 2.05) is 29.1 Å². The van der Waals surface area contributed by atoms with Gasteiger partial charge >= 0.3 is 0 Å². The van der Waals surface area contributed by atoms with E-state index in [9.17, 15) is 0 Å². The van der Waals surface area contributed by atoms with Gasteiger partial charge in [0.25, 0.3) is 0 Å². The van der Waals surface area contributed by atoms with Crippen LogP contribution >= 0.6 is 0 Å². The minimum absolute atomic E-state index is 0. The van der Waals surface area contributed by atoms with E-state index in [1.54, 1.807) is 0 Å². The number of imidazole rings is 1. The van der Waals surface area contributed by atoms with Gasteiger partial charge in [0, 0.05) is 33.5 Å². The zero-order valence-electron chi connectivity index (χ0n) is 8.17. The molecule has 2 aromatic heterocycles. The van der Waals surface area contributed by atoms with E-state index < -0.39 is 0 Å². The quantitative estimate of drug-likeness (QED) is 0.552. The average Bonchev–Trinajstić information content (AvgIpc) is 2.66. The molecular weight excluding hydrogens is 367 g/mol. The fraction of sp³-hybridized carbons (Fsp3) is 0.0833. The van der Waals surface area contributed by atoms with E-state index in [4.69, 9.17) is 0 Å². The van der Waals surface area contributed by atoms with Crippen molar-refractivity contribution in [1.82, 2.24) is 9.38 Å². The Kier molecular flexibility index (Phi) is 2.62. The third-order valence-electron chi connectivity index (χ3n) is 2.55. The average molecular weight is 376 g/mol. The Morgan fingerprint density at radius 3 is 3.00 bits per heavy atom. The van der Waals surface area contributed by atoms with Crippen molar-refractivity contribution in [2.75, 3.05) is 0 Å². The van der Waals surface area contributed by atoms with Crippen molar-refractivity contribution in [3.8, 4) is 0 Å². The summed E-state index contributed by atoms with van der Waals surface area (Å²) in [5.41, 5.74) is 2.25. The minimum Gasteiger partial charge on any atom is -0.347 e. The van der Waals surface area contributed by atoms with E-state index >= 15 is 0 Å². The molecule has 78 valence electrons. The van der Waals surface area contributed by atoms with Crippen molar-refractivity contribution < 1.29 is 21.1 Å². The maximum Gasteiger partial charge on any atom is 0.0603 e. The number of hydrogen-bond acceptors (Lipinski definition) is 1. The molecule has 0 N–H and O–H groups in total. The molecule has 15 heavy (non-hydrogen) atoms. The third-order valence-corrected chi connectivity index (χ3v) is 2.55. The molecule has 3 rings (SSSR count). The van der Waals surface area contributed by atoms with Gasteiger partial charge in [0.05, 0.1) is 5.65 Å². The fourth-order valence-electron chi connectivity index (χ4n) is 1.80. The van der Waals surface area contributed by atoms with Gasteiger partial charge in [-0.25, -0.2) is 0 Å². The topological polar surface area (TPSA) is 17.3 Å². The molecule has 0 saturated heterocycles. The van der Waals surface area contributed by atoms with Gasteiger partial charge in [-0.2, -0.15) is 0 Å². The molecule has 0 aliphatic heterocycles. The number of fused-ring (bicyclic) bond motifs is 3. The van der Waals surface area contributed by atoms with E-state index in [2.05, 4.69) is 30.1 Å². The molecule has 0 aliphatic carbocycles. The summed E-state index contributed by atoms with van der Waals surface area (Å²) < 4.78 is 2.01. The molecule has 1 aromatic carbocycles. The predicted octanol–water partition coefficient (Wildman–Crippen LogP) is 2.59. The molecule has 0 spiro atoms. The number of hydrogen-bond donors (Lipinski definition) is 0. The summed E-state index contributed by atoms with van der Waals surface area (Å²) in [6.07, 6.45) is 5.79. The molecule has 0 saturated carbocycles. The van der Waals surface area contributed by atoms with E-state index in [0.717, 1.165) is 11.0 Å². The molecule has 0 bridgehead atoms. The fourth-order valence-corrected chi connectivity index (χ4v) is 1.80. The number of rotatable bonds is 0. The van der Waals surface area contributed by atoms with Gasteiger partial charge < -0.3 is 4.40 Å². The Morgan fingerprint density at radius 1 is 1.27 bits per heavy atom. The van der Waals surface area contributed by atoms with Crippen LogP contribution in [-0.2, 0) is 21.1 Å². The number of aromatic nitrogens is 2. The predicted molar refractivity (Wildman–Crippen MR) is 56.3 cm³/mol. The summed E-state index contributed by atoms with van der Waals surface area (Å²) in [6, 6.07) is 9.37. The largest absolute Gasteiger partial charge is 0.347 e. The summed E-state index contributed by atoms with van der Waals surface area (Å²) in [5, 5.41) is 2.32. The van der Waals surface area contributed by atoms with E-state index in [1.165, 1.54) is 10.9 Å². The van der Waals surface area contributed by atoms with Gasteiger partial charge in [0.15, 0.2) is 0 Å². The Balaban J connectivity index is 0.000000853. The zero-order chi connectivity index (χ0) is 9.54. The molecule has 3 heteroatoms. The monoisotopic (exact) mass is 376 g/mol. The summed E-state index contributed by atoms with van der Waals surface area (Å²) >= 11 is 0. The van der Waals surface area contributed by atoms with Crippen molar-refractivity contribution >= 4 is 16.4 Å². The van der Waals surface area contributed by atoms with Gasteiger partial charge in [-0.3, -0.25) is 4.98 Å². The first-order valence-corrected chi connectivity index (χ1v) is 4.59. The van der Waals surface area contributed by atoms with Gasteiger partial charge in [-0.1, -0.05) is 13.0 Å². The van der Waals surface area contributed by atoms with Gasteiger partial charge in [-0.15, -0.1) is 34.5 Å². The molecule has 3 aromatic rings. The maximum absolute atomic E-state index is 4.32. The van der Waals surface area contributed by atoms with Crippen molar-refractivity contribution in [3.05, 3.63) is 48.4 Å². The Morgan fingerprint density at radius 2 is 2.13 bits per heavy atom. The van der Waals surface area contributed by atoms with Crippen LogP contribution < -0.4 is 0 Å². The van der Waals surface area contributed by atoms with Gasteiger partial charge in [0.2, 0.25) is 0 Å². The van der Waals surface area contributed by atoms with E-state index in [0.29, 0.717) is 0 Å². The molecule has 0 unspecified atom stereocenters. The molecule has 2 nitrogen and oxygen atoms in total. The van der Waals surface area contributed by atoms with E-state index in [-0.39, 0.29) is 21.1 Å². The van der Waals surface area contributed by atoms with Crippen LogP contribution in [0, 0.1) is 13.0 Å². The number of nitrogens with zero attached hydrogens (tertiary/aromatic N) is 2. The second-order valence-electron chi connectivity index (χ2n) is 3.42. The summed E-state index contributed by atoms with van der Waals surface area (Å²) in [5.74, 6) is 0. The first kappa shape index (κ1) is 10.4. The third kappa shape index (κ3) is 1.49. The van der Waals surface area contributed by atoms with Crippen LogP contribution in [0.15, 0.2) is 36.8 Å². The van der Waals surface area contributed by atoms with Crippen molar-refractivity contribution in [3.63, 3.8) is 0 Å². The summed E-state index contributed by atoms with van der Waals surface area (Å²) in [7, 11) is 0. The van der Waals surface area contributed by atoms with Crippen LogP contribution in [0.25, 0.3) is 16.4 Å². The molecule has 0 fully saturated rings. The molecule has 0 amide bonds. The zero-order valence-corrected chi connectivity index (χ0v) is 10.4. The molecule has 0 radical (unpaired) electrons. The van der Waals surface area contributed by atoms with Crippen LogP contribution in [0.4, 0.5) is 0 Å². The van der Waals surface area contributed by atoms with Crippen molar-refractivity contribution in [2.24, 2.45) is 0 Å². The number of pyridine rings is 1. The SMILES string of the molecule is Cc1cc[c-]c2c1ccn1ccnc21.[Pt]. The Hall–Kier alpha value is -1.14.